The first-order chi connectivity index (χ1) is 7.98. The minimum atomic E-state index is -0.440. The molecule has 0 radical (unpaired) electrons. The average Bonchev–Trinajstić information content (AvgIpc) is 2.78. The Morgan fingerprint density at radius 1 is 1.00 bits per heavy atom. The Morgan fingerprint density at radius 3 is 1.94 bits per heavy atom. The van der Waals surface area contributed by atoms with E-state index in [0.29, 0.717) is 0 Å². The Kier molecular flexibility index (Phi) is 3.58. The van der Waals surface area contributed by atoms with Crippen LogP contribution in [0.3, 0.4) is 0 Å². The molecular weight excluding hydrogens is 224 g/mol. The molecule has 0 N–H and O–H groups in total. The van der Waals surface area contributed by atoms with Crippen molar-refractivity contribution in [3.05, 3.63) is 29.8 Å². The van der Waals surface area contributed by atoms with Crippen LogP contribution >= 0.6 is 10.0 Å². The predicted molar refractivity (Wildman–Crippen MR) is 80.5 cm³/mol. The van der Waals surface area contributed by atoms with Gasteiger partial charge in [0.25, 0.3) is 0 Å². The van der Waals surface area contributed by atoms with Gasteiger partial charge < -0.3 is 0 Å². The van der Waals surface area contributed by atoms with Crippen LogP contribution in [0, 0.1) is 0 Å². The van der Waals surface area contributed by atoms with E-state index in [-0.39, 0.29) is 5.41 Å². The van der Waals surface area contributed by atoms with Gasteiger partial charge in [-0.1, -0.05) is 39.8 Å². The summed E-state index contributed by atoms with van der Waals surface area (Å²) in [6.45, 7) is 9.26. The Bertz CT molecular complexity index is 364. The van der Waals surface area contributed by atoms with E-state index < -0.39 is 10.0 Å². The summed E-state index contributed by atoms with van der Waals surface area (Å²) in [4.78, 5) is 1.66. The van der Waals surface area contributed by atoms with Crippen molar-refractivity contribution in [1.29, 1.82) is 0 Å². The minimum Gasteiger partial charge on any atom is -0.215 e. The summed E-state index contributed by atoms with van der Waals surface area (Å²) in [5.74, 6) is 4.32. The highest BCUT2D eigenvalue weighted by Gasteiger charge is 2.28. The molecule has 0 saturated carbocycles. The Balaban J connectivity index is 2.28. The van der Waals surface area contributed by atoms with Gasteiger partial charge in [0, 0.05) is 0 Å². The van der Waals surface area contributed by atoms with Gasteiger partial charge in [-0.3, -0.25) is 0 Å². The van der Waals surface area contributed by atoms with E-state index in [2.05, 4.69) is 52.0 Å². The monoisotopic (exact) mass is 250 g/mol. The van der Waals surface area contributed by atoms with E-state index in [4.69, 9.17) is 0 Å². The molecule has 1 fully saturated rings. The fraction of sp³-hybridized carbons (Fsp3) is 0.625. The molecule has 0 unspecified atom stereocenters. The first kappa shape index (κ1) is 13.0. The molecule has 0 bridgehead atoms. The summed E-state index contributed by atoms with van der Waals surface area (Å²) < 4.78 is 0. The summed E-state index contributed by atoms with van der Waals surface area (Å²) in [5, 5.41) is 0. The van der Waals surface area contributed by atoms with Gasteiger partial charge in [0.2, 0.25) is 0 Å². The normalized spacial score (nSPS) is 21.4. The van der Waals surface area contributed by atoms with Crippen molar-refractivity contribution in [2.45, 2.75) is 50.8 Å². The summed E-state index contributed by atoms with van der Waals surface area (Å²) in [6.07, 6.45) is 2.90. The van der Waals surface area contributed by atoms with Crippen molar-refractivity contribution < 1.29 is 0 Å². The molecule has 1 aromatic rings. The Morgan fingerprint density at radius 2 is 1.53 bits per heavy atom. The summed E-state index contributed by atoms with van der Waals surface area (Å²) in [6, 6.07) is 9.56. The smallest absolute Gasteiger partial charge is 0.00989 e. The molecule has 1 aromatic carbocycles. The summed E-state index contributed by atoms with van der Waals surface area (Å²) >= 11 is 0. The highest BCUT2D eigenvalue weighted by molar-refractivity contribution is 8.33. The van der Waals surface area contributed by atoms with E-state index in [9.17, 15) is 0 Å². The molecule has 96 valence electrons. The van der Waals surface area contributed by atoms with Crippen molar-refractivity contribution >= 4 is 10.0 Å². The highest BCUT2D eigenvalue weighted by atomic mass is 32.3. The Labute approximate surface area is 108 Å². The van der Waals surface area contributed by atoms with Crippen LogP contribution in [0.2, 0.25) is 0 Å². The van der Waals surface area contributed by atoms with E-state index in [0.717, 1.165) is 0 Å². The molecule has 0 atom stereocenters. The SMILES string of the molecule is CCS1(c2ccc(C(C)(C)C)cc2)CCCC1. The van der Waals surface area contributed by atoms with E-state index >= 15 is 0 Å². The van der Waals surface area contributed by atoms with Crippen molar-refractivity contribution in [2.75, 3.05) is 17.3 Å². The fourth-order valence-corrected chi connectivity index (χ4v) is 6.61. The number of hydrogen-bond acceptors (Lipinski definition) is 0. The van der Waals surface area contributed by atoms with Crippen LogP contribution in [0.25, 0.3) is 0 Å². The molecule has 1 heterocycles. The lowest BCUT2D eigenvalue weighted by Gasteiger charge is -2.35. The van der Waals surface area contributed by atoms with Gasteiger partial charge in [-0.2, -0.15) is 0 Å². The third-order valence-electron chi connectivity index (χ3n) is 4.09. The van der Waals surface area contributed by atoms with Gasteiger partial charge in [0.15, 0.2) is 0 Å². The highest BCUT2D eigenvalue weighted by Crippen LogP contribution is 2.60. The third kappa shape index (κ3) is 2.54. The summed E-state index contributed by atoms with van der Waals surface area (Å²) in [7, 11) is -0.440. The molecule has 0 spiro atoms. The number of benzene rings is 1. The first-order valence-electron chi connectivity index (χ1n) is 6.85. The lowest BCUT2D eigenvalue weighted by Crippen LogP contribution is -2.11. The zero-order valence-corrected chi connectivity index (χ0v) is 12.6. The maximum atomic E-state index is 2.42. The molecular formula is C16H26S. The molecule has 1 saturated heterocycles. The van der Waals surface area contributed by atoms with Crippen LogP contribution in [0.15, 0.2) is 29.2 Å². The molecule has 0 amide bonds. The van der Waals surface area contributed by atoms with Crippen LogP contribution in [0.5, 0.6) is 0 Å². The largest absolute Gasteiger partial charge is 0.215 e. The maximum Gasteiger partial charge on any atom is -0.00989 e. The predicted octanol–water partition coefficient (Wildman–Crippen LogP) is 4.96. The molecule has 0 aliphatic carbocycles. The van der Waals surface area contributed by atoms with Gasteiger partial charge in [-0.25, -0.2) is 10.0 Å². The molecule has 0 aromatic heterocycles. The van der Waals surface area contributed by atoms with Crippen LogP contribution < -0.4 is 0 Å². The van der Waals surface area contributed by atoms with E-state index in [1.807, 2.05) is 0 Å². The van der Waals surface area contributed by atoms with Gasteiger partial charge in [-0.05, 0) is 58.1 Å². The van der Waals surface area contributed by atoms with Crippen LogP contribution in [-0.4, -0.2) is 17.3 Å². The second-order valence-electron chi connectivity index (χ2n) is 6.22. The van der Waals surface area contributed by atoms with Crippen molar-refractivity contribution in [3.8, 4) is 0 Å². The topological polar surface area (TPSA) is 0 Å². The quantitative estimate of drug-likeness (QED) is 0.696. The zero-order chi connectivity index (χ0) is 12.5. The van der Waals surface area contributed by atoms with Gasteiger partial charge in [0.05, 0.1) is 0 Å². The minimum absolute atomic E-state index is 0.281. The number of hydrogen-bond donors (Lipinski definition) is 0. The standard InChI is InChI=1S/C16H26S/c1-5-17(12-6-7-13-17)15-10-8-14(9-11-15)16(2,3)4/h8-11H,5-7,12-13H2,1-4H3. The average molecular weight is 250 g/mol. The van der Waals surface area contributed by atoms with Crippen LogP contribution in [0.1, 0.15) is 46.1 Å². The maximum absolute atomic E-state index is 2.42. The van der Waals surface area contributed by atoms with E-state index in [1.165, 1.54) is 35.7 Å². The van der Waals surface area contributed by atoms with Crippen molar-refractivity contribution in [1.82, 2.24) is 0 Å². The van der Waals surface area contributed by atoms with Gasteiger partial charge in [-0.15, -0.1) is 0 Å². The lowest BCUT2D eigenvalue weighted by atomic mass is 9.87. The van der Waals surface area contributed by atoms with Crippen LogP contribution in [0.4, 0.5) is 0 Å². The molecule has 1 aliphatic rings. The van der Waals surface area contributed by atoms with E-state index in [1.54, 1.807) is 4.90 Å². The summed E-state index contributed by atoms with van der Waals surface area (Å²) in [5.41, 5.74) is 1.74. The molecule has 0 nitrogen and oxygen atoms in total. The molecule has 17 heavy (non-hydrogen) atoms. The van der Waals surface area contributed by atoms with Gasteiger partial charge >= 0.3 is 0 Å². The number of rotatable bonds is 2. The second-order valence-corrected chi connectivity index (χ2v) is 10.2. The van der Waals surface area contributed by atoms with Crippen molar-refractivity contribution in [3.63, 3.8) is 0 Å². The first-order valence-corrected chi connectivity index (χ1v) is 8.99. The molecule has 1 aliphatic heterocycles. The molecule has 1 heteroatoms. The third-order valence-corrected chi connectivity index (χ3v) is 8.61. The van der Waals surface area contributed by atoms with Crippen LogP contribution in [-0.2, 0) is 5.41 Å². The second kappa shape index (κ2) is 4.68. The Hall–Kier alpha value is -0.430. The van der Waals surface area contributed by atoms with Gasteiger partial charge in [0.1, 0.15) is 0 Å². The fourth-order valence-electron chi connectivity index (χ4n) is 2.79. The zero-order valence-electron chi connectivity index (χ0n) is 11.8. The lowest BCUT2D eigenvalue weighted by molar-refractivity contribution is 0.589. The van der Waals surface area contributed by atoms with Crippen molar-refractivity contribution in [2.24, 2.45) is 0 Å². The molecule has 2 rings (SSSR count).